The van der Waals surface area contributed by atoms with E-state index in [0.717, 1.165) is 12.8 Å². The number of ether oxygens (including phenoxy) is 4. The Labute approximate surface area is 249 Å². The van der Waals surface area contributed by atoms with Gasteiger partial charge in [-0.3, -0.25) is 0 Å². The van der Waals surface area contributed by atoms with E-state index in [1.54, 1.807) is 0 Å². The van der Waals surface area contributed by atoms with Gasteiger partial charge < -0.3 is 36.7 Å². The van der Waals surface area contributed by atoms with Gasteiger partial charge in [-0.25, -0.2) is 14.2 Å². The van der Waals surface area contributed by atoms with Crippen LogP contribution in [0.3, 0.4) is 0 Å². The number of methoxy groups -OCH3 is 1. The van der Waals surface area contributed by atoms with Crippen molar-refractivity contribution in [1.82, 2.24) is 5.32 Å². The van der Waals surface area contributed by atoms with Crippen LogP contribution in [0.15, 0.2) is 30.6 Å². The van der Waals surface area contributed by atoms with Gasteiger partial charge in [0.15, 0.2) is 25.0 Å². The van der Waals surface area contributed by atoms with Gasteiger partial charge in [0.05, 0.1) is 20.3 Å². The maximum atomic E-state index is 12.0. The zero-order valence-corrected chi connectivity index (χ0v) is 25.8. The SMILES string of the molecule is CCCCCCCCCCCCCCCCCCOC[C@H](COC(=O)NCC[n+]1ccccc1)OC(=O)OC.[Cl-]. The number of pyridine rings is 1. The molecule has 0 aliphatic carbocycles. The average molecular weight is 587 g/mol. The van der Waals surface area contributed by atoms with E-state index in [2.05, 4.69) is 17.0 Å². The fourth-order valence-corrected chi connectivity index (χ4v) is 4.36. The highest BCUT2D eigenvalue weighted by Gasteiger charge is 2.18. The molecule has 0 fully saturated rings. The van der Waals surface area contributed by atoms with Gasteiger partial charge in [-0.1, -0.05) is 109 Å². The van der Waals surface area contributed by atoms with Gasteiger partial charge in [-0.2, -0.15) is 0 Å². The number of hydrogen-bond acceptors (Lipinski definition) is 6. The zero-order valence-electron chi connectivity index (χ0n) is 25.1. The molecule has 232 valence electrons. The highest BCUT2D eigenvalue weighted by Crippen LogP contribution is 2.13. The summed E-state index contributed by atoms with van der Waals surface area (Å²) in [5.41, 5.74) is 0. The highest BCUT2D eigenvalue weighted by atomic mass is 35.5. The number of rotatable bonds is 25. The fraction of sp³-hybridized carbons (Fsp3) is 0.774. The fourth-order valence-electron chi connectivity index (χ4n) is 4.36. The molecule has 1 rings (SSSR count). The molecule has 0 saturated heterocycles. The number of carbonyl (C=O) groups is 2. The van der Waals surface area contributed by atoms with E-state index in [-0.39, 0.29) is 25.6 Å². The summed E-state index contributed by atoms with van der Waals surface area (Å²) < 4.78 is 22.6. The maximum Gasteiger partial charge on any atom is 0.508 e. The smallest absolute Gasteiger partial charge is 0.508 e. The summed E-state index contributed by atoms with van der Waals surface area (Å²) in [7, 11) is 1.24. The predicted molar refractivity (Wildman–Crippen MR) is 154 cm³/mol. The number of halogens is 1. The van der Waals surface area contributed by atoms with Crippen LogP contribution in [0.4, 0.5) is 9.59 Å². The Morgan fingerprint density at radius 1 is 0.750 bits per heavy atom. The maximum absolute atomic E-state index is 12.0. The molecule has 9 heteroatoms. The number of unbranched alkanes of at least 4 members (excludes halogenated alkanes) is 15. The molecule has 40 heavy (non-hydrogen) atoms. The summed E-state index contributed by atoms with van der Waals surface area (Å²) in [6.45, 7) is 3.96. The van der Waals surface area contributed by atoms with Crippen LogP contribution in [-0.4, -0.2) is 51.8 Å². The van der Waals surface area contributed by atoms with Gasteiger partial charge >= 0.3 is 12.2 Å². The molecule has 0 bridgehead atoms. The molecule has 1 heterocycles. The topological polar surface area (TPSA) is 87.0 Å². The lowest BCUT2D eigenvalue weighted by molar-refractivity contribution is -0.694. The van der Waals surface area contributed by atoms with Gasteiger partial charge in [-0.15, -0.1) is 0 Å². The lowest BCUT2D eigenvalue weighted by Gasteiger charge is -2.17. The van der Waals surface area contributed by atoms with E-state index < -0.39 is 18.4 Å². The lowest BCUT2D eigenvalue weighted by atomic mass is 10.0. The quantitative estimate of drug-likeness (QED) is 0.105. The van der Waals surface area contributed by atoms with E-state index in [9.17, 15) is 9.59 Å². The van der Waals surface area contributed by atoms with E-state index in [1.807, 2.05) is 35.2 Å². The normalized spacial score (nSPS) is 11.3. The van der Waals surface area contributed by atoms with E-state index >= 15 is 0 Å². The van der Waals surface area contributed by atoms with Crippen molar-refractivity contribution in [2.75, 3.05) is 33.5 Å². The summed E-state index contributed by atoms with van der Waals surface area (Å²) in [6.07, 6.45) is 22.9. The Bertz CT molecular complexity index is 710. The molecular weight excluding hydrogens is 532 g/mol. The summed E-state index contributed by atoms with van der Waals surface area (Å²) in [5, 5.41) is 2.69. The number of nitrogens with zero attached hydrogens (tertiary/aromatic N) is 1. The molecule has 0 aliphatic heterocycles. The van der Waals surface area contributed by atoms with Crippen LogP contribution in [0.1, 0.15) is 110 Å². The van der Waals surface area contributed by atoms with Crippen molar-refractivity contribution >= 4 is 12.2 Å². The standard InChI is InChI=1S/C31H54N2O6.ClH/c1-3-4-5-6-7-8-9-10-11-12-13-14-15-16-17-21-26-37-27-29(39-31(35)36-2)28-38-30(34)32-22-25-33-23-19-18-20-24-33;/h18-20,23-24,29H,3-17,21-22,25-28H2,1-2H3;1H/t29-;/m1./s1. The summed E-state index contributed by atoms with van der Waals surface area (Å²) in [4.78, 5) is 23.5. The second kappa shape index (κ2) is 28.5. The molecular formula is C31H55ClN2O6. The van der Waals surface area contributed by atoms with Crippen LogP contribution in [0.25, 0.3) is 0 Å². The second-order valence-corrected chi connectivity index (χ2v) is 10.2. The molecule has 0 radical (unpaired) electrons. The molecule has 1 aromatic heterocycles. The van der Waals surface area contributed by atoms with Crippen molar-refractivity contribution in [1.29, 1.82) is 0 Å². The van der Waals surface area contributed by atoms with Gasteiger partial charge in [0.25, 0.3) is 0 Å². The molecule has 0 unspecified atom stereocenters. The first-order valence-electron chi connectivity index (χ1n) is 15.3. The van der Waals surface area contributed by atoms with Gasteiger partial charge in [0.2, 0.25) is 0 Å². The number of hydrogen-bond donors (Lipinski definition) is 1. The third-order valence-electron chi connectivity index (χ3n) is 6.69. The van der Waals surface area contributed by atoms with Crippen LogP contribution < -0.4 is 22.3 Å². The van der Waals surface area contributed by atoms with Crippen LogP contribution in [0.5, 0.6) is 0 Å². The van der Waals surface area contributed by atoms with Gasteiger partial charge in [0, 0.05) is 18.7 Å². The van der Waals surface area contributed by atoms with Crippen LogP contribution >= 0.6 is 0 Å². The molecule has 1 amide bonds. The van der Waals surface area contributed by atoms with Crippen molar-refractivity contribution in [3.63, 3.8) is 0 Å². The molecule has 1 atom stereocenters. The molecule has 0 saturated carbocycles. The van der Waals surface area contributed by atoms with Crippen molar-refractivity contribution in [3.05, 3.63) is 30.6 Å². The minimum absolute atomic E-state index is 0. The number of amides is 1. The number of nitrogens with one attached hydrogen (secondary N) is 1. The second-order valence-electron chi connectivity index (χ2n) is 10.2. The minimum Gasteiger partial charge on any atom is -1.00 e. The number of aromatic nitrogens is 1. The molecule has 1 aromatic rings. The van der Waals surface area contributed by atoms with Crippen LogP contribution in [0.2, 0.25) is 0 Å². The molecule has 8 nitrogen and oxygen atoms in total. The van der Waals surface area contributed by atoms with E-state index in [0.29, 0.717) is 19.7 Å². The van der Waals surface area contributed by atoms with Crippen molar-refractivity contribution in [2.24, 2.45) is 0 Å². The summed E-state index contributed by atoms with van der Waals surface area (Å²) >= 11 is 0. The minimum atomic E-state index is -0.824. The Balaban J connectivity index is 0.0000152. The van der Waals surface area contributed by atoms with Crippen LogP contribution in [0, 0.1) is 0 Å². The Hall–Kier alpha value is -2.06. The Morgan fingerprint density at radius 3 is 1.80 bits per heavy atom. The Kier molecular flexibility index (Phi) is 27.0. The zero-order chi connectivity index (χ0) is 28.2. The first-order chi connectivity index (χ1) is 19.2. The predicted octanol–water partition coefficient (Wildman–Crippen LogP) is 4.13. The van der Waals surface area contributed by atoms with Crippen molar-refractivity contribution in [3.8, 4) is 0 Å². The summed E-state index contributed by atoms with van der Waals surface area (Å²) in [6, 6.07) is 5.78. The highest BCUT2D eigenvalue weighted by molar-refractivity contribution is 5.67. The van der Waals surface area contributed by atoms with Crippen LogP contribution in [-0.2, 0) is 25.5 Å². The van der Waals surface area contributed by atoms with E-state index in [1.165, 1.54) is 97.0 Å². The third kappa shape index (κ3) is 23.8. The number of alkyl carbamates (subject to hydrolysis) is 1. The largest absolute Gasteiger partial charge is 1.00 e. The molecule has 0 spiro atoms. The van der Waals surface area contributed by atoms with Crippen molar-refractivity contribution < 1.29 is 45.5 Å². The first-order valence-corrected chi connectivity index (χ1v) is 15.3. The monoisotopic (exact) mass is 586 g/mol. The molecule has 0 aromatic carbocycles. The number of carbonyl (C=O) groups excluding carboxylic acids is 2. The molecule has 0 aliphatic rings. The van der Waals surface area contributed by atoms with Gasteiger partial charge in [0.1, 0.15) is 6.61 Å². The third-order valence-corrected chi connectivity index (χ3v) is 6.69. The average Bonchev–Trinajstić information content (AvgIpc) is 2.95. The lowest BCUT2D eigenvalue weighted by Crippen LogP contribution is -3.00. The van der Waals surface area contributed by atoms with Gasteiger partial charge in [-0.05, 0) is 6.42 Å². The van der Waals surface area contributed by atoms with Crippen molar-refractivity contribution in [2.45, 2.75) is 122 Å². The Morgan fingerprint density at radius 2 is 1.27 bits per heavy atom. The first kappa shape index (κ1) is 37.9. The molecule has 1 N–H and O–H groups in total. The summed E-state index contributed by atoms with van der Waals surface area (Å²) in [5.74, 6) is 0. The van der Waals surface area contributed by atoms with E-state index in [4.69, 9.17) is 14.2 Å².